The minimum atomic E-state index is -0.261. The van der Waals surface area contributed by atoms with Gasteiger partial charge in [-0.1, -0.05) is 30.3 Å². The summed E-state index contributed by atoms with van der Waals surface area (Å²) in [5.41, 5.74) is 3.42. The summed E-state index contributed by atoms with van der Waals surface area (Å²) in [5, 5.41) is 14.9. The van der Waals surface area contributed by atoms with E-state index in [1.165, 1.54) is 11.6 Å². The van der Waals surface area contributed by atoms with Gasteiger partial charge in [-0.15, -0.1) is 11.3 Å². The van der Waals surface area contributed by atoms with E-state index in [1.54, 1.807) is 35.7 Å². The molecule has 0 bridgehead atoms. The number of nitrogens with one attached hydrogen (secondary N) is 3. The third kappa shape index (κ3) is 3.67. The minimum absolute atomic E-state index is 0.200. The zero-order chi connectivity index (χ0) is 21.4. The second-order valence-electron chi connectivity index (χ2n) is 7.19. The normalized spacial score (nSPS) is 11.0. The molecule has 0 fully saturated rings. The molecule has 31 heavy (non-hydrogen) atoms. The molecule has 2 heterocycles. The molecule has 0 aliphatic carbocycles. The highest BCUT2D eigenvalue weighted by atomic mass is 32.1. The van der Waals surface area contributed by atoms with Crippen LogP contribution in [0.25, 0.3) is 31.4 Å². The van der Waals surface area contributed by atoms with Crippen LogP contribution in [-0.4, -0.2) is 22.0 Å². The molecule has 0 unspecified atom stereocenters. The number of aromatic nitrogens is 2. The van der Waals surface area contributed by atoms with Gasteiger partial charge >= 0.3 is 0 Å². The fourth-order valence-electron chi connectivity index (χ4n) is 3.58. The van der Waals surface area contributed by atoms with Gasteiger partial charge in [0.2, 0.25) is 5.91 Å². The quantitative estimate of drug-likeness (QED) is 0.347. The maximum Gasteiger partial charge on any atom is 0.255 e. The molecule has 0 saturated carbocycles. The summed E-state index contributed by atoms with van der Waals surface area (Å²) in [5.74, 6) is -0.461. The van der Waals surface area contributed by atoms with Crippen molar-refractivity contribution in [2.24, 2.45) is 0 Å². The first-order valence-corrected chi connectivity index (χ1v) is 10.5. The van der Waals surface area contributed by atoms with Gasteiger partial charge in [0.1, 0.15) is 0 Å². The maximum atomic E-state index is 13.1. The molecule has 3 N–H and O–H groups in total. The molecule has 0 radical (unpaired) electrons. The number of thiophene rings is 1. The number of benzene rings is 3. The van der Waals surface area contributed by atoms with E-state index in [2.05, 4.69) is 39.0 Å². The Labute approximate surface area is 181 Å². The van der Waals surface area contributed by atoms with E-state index >= 15 is 0 Å². The third-order valence-electron chi connectivity index (χ3n) is 4.99. The molecule has 2 aromatic heterocycles. The number of hydrogen-bond donors (Lipinski definition) is 3. The van der Waals surface area contributed by atoms with Gasteiger partial charge < -0.3 is 10.6 Å². The van der Waals surface area contributed by atoms with E-state index < -0.39 is 0 Å². The molecular weight excluding hydrogens is 408 g/mol. The number of para-hydroxylation sites is 2. The van der Waals surface area contributed by atoms with E-state index in [4.69, 9.17) is 0 Å². The molecule has 6 nitrogen and oxygen atoms in total. The topological polar surface area (TPSA) is 86.9 Å². The first-order chi connectivity index (χ1) is 15.1. The van der Waals surface area contributed by atoms with Gasteiger partial charge in [-0.3, -0.25) is 14.7 Å². The Hall–Kier alpha value is -3.97. The predicted octanol–water partition coefficient (Wildman–Crippen LogP) is 5.66. The molecular formula is C24H18N4O2S. The van der Waals surface area contributed by atoms with Gasteiger partial charge in [-0.2, -0.15) is 5.10 Å². The summed E-state index contributed by atoms with van der Waals surface area (Å²) < 4.78 is 1.18. The molecule has 152 valence electrons. The molecule has 0 atom stereocenters. The van der Waals surface area contributed by atoms with Gasteiger partial charge in [0.05, 0.1) is 23.1 Å². The number of H-pyrrole nitrogens is 1. The standard InChI is InChI=1S/C24H18N4O2S/c1-14(29)26-19-7-3-4-8-20(19)27-24(30)16-10-17-13-25-28-23(17)18(11-16)22-12-15-6-2-5-9-21(15)31-22/h2-13H,1H3,(H,25,28)(H,26,29)(H,27,30). The lowest BCUT2D eigenvalue weighted by molar-refractivity contribution is -0.114. The van der Waals surface area contributed by atoms with Crippen LogP contribution in [0.15, 0.2) is 72.9 Å². The van der Waals surface area contributed by atoms with Crippen LogP contribution in [0.4, 0.5) is 11.4 Å². The summed E-state index contributed by atoms with van der Waals surface area (Å²) in [7, 11) is 0. The first-order valence-electron chi connectivity index (χ1n) is 9.72. The van der Waals surface area contributed by atoms with E-state index in [9.17, 15) is 9.59 Å². The lowest BCUT2D eigenvalue weighted by atomic mass is 10.0. The molecule has 5 rings (SSSR count). The maximum absolute atomic E-state index is 13.1. The van der Waals surface area contributed by atoms with Crippen LogP contribution < -0.4 is 10.6 Å². The highest BCUT2D eigenvalue weighted by molar-refractivity contribution is 7.22. The molecule has 2 amide bonds. The van der Waals surface area contributed by atoms with Crippen LogP contribution in [-0.2, 0) is 4.79 Å². The Morgan fingerprint density at radius 3 is 2.42 bits per heavy atom. The van der Waals surface area contributed by atoms with Crippen molar-refractivity contribution in [1.82, 2.24) is 10.2 Å². The summed E-state index contributed by atoms with van der Waals surface area (Å²) >= 11 is 1.68. The summed E-state index contributed by atoms with van der Waals surface area (Å²) in [6, 6.07) is 21.1. The molecule has 0 aliphatic rings. The van der Waals surface area contributed by atoms with Crippen molar-refractivity contribution in [3.8, 4) is 10.4 Å². The third-order valence-corrected chi connectivity index (χ3v) is 6.14. The van der Waals surface area contributed by atoms with Gasteiger partial charge in [0.15, 0.2) is 0 Å². The zero-order valence-electron chi connectivity index (χ0n) is 16.6. The Kier molecular flexibility index (Phi) is 4.72. The number of anilines is 2. The van der Waals surface area contributed by atoms with Crippen molar-refractivity contribution in [1.29, 1.82) is 0 Å². The van der Waals surface area contributed by atoms with Crippen LogP contribution >= 0.6 is 11.3 Å². The Bertz CT molecular complexity index is 1420. The number of hydrogen-bond acceptors (Lipinski definition) is 4. The SMILES string of the molecule is CC(=O)Nc1ccccc1NC(=O)c1cc(-c2cc3ccccc3s2)c2[nH]ncc2c1. The molecule has 3 aromatic carbocycles. The van der Waals surface area contributed by atoms with Crippen molar-refractivity contribution in [3.05, 3.63) is 78.5 Å². The zero-order valence-corrected chi connectivity index (χ0v) is 17.4. The Morgan fingerprint density at radius 1 is 0.903 bits per heavy atom. The number of fused-ring (bicyclic) bond motifs is 2. The number of carbonyl (C=O) groups excluding carboxylic acids is 2. The average molecular weight is 427 g/mol. The van der Waals surface area contributed by atoms with E-state index in [-0.39, 0.29) is 11.8 Å². The fraction of sp³-hybridized carbons (Fsp3) is 0.0417. The smallest absolute Gasteiger partial charge is 0.255 e. The van der Waals surface area contributed by atoms with Crippen LogP contribution in [0.3, 0.4) is 0 Å². The molecule has 0 aliphatic heterocycles. The number of nitrogens with zero attached hydrogens (tertiary/aromatic N) is 1. The van der Waals surface area contributed by atoms with E-state index in [1.807, 2.05) is 30.3 Å². The number of amides is 2. The van der Waals surface area contributed by atoms with Gasteiger partial charge in [0.25, 0.3) is 5.91 Å². The van der Waals surface area contributed by atoms with Gasteiger partial charge in [-0.25, -0.2) is 0 Å². The van der Waals surface area contributed by atoms with Crippen molar-refractivity contribution < 1.29 is 9.59 Å². The minimum Gasteiger partial charge on any atom is -0.325 e. The molecule has 7 heteroatoms. The summed E-state index contributed by atoms with van der Waals surface area (Å²) in [6.45, 7) is 1.43. The van der Waals surface area contributed by atoms with Gasteiger partial charge in [0, 0.05) is 33.0 Å². The molecule has 0 saturated heterocycles. The monoisotopic (exact) mass is 426 g/mol. The summed E-state index contributed by atoms with van der Waals surface area (Å²) in [4.78, 5) is 25.7. The average Bonchev–Trinajstić information content (AvgIpc) is 3.40. The summed E-state index contributed by atoms with van der Waals surface area (Å²) in [6.07, 6.45) is 1.72. The molecule has 0 spiro atoms. The van der Waals surface area contributed by atoms with Gasteiger partial charge in [-0.05, 0) is 41.8 Å². The van der Waals surface area contributed by atoms with Crippen LogP contribution in [0.2, 0.25) is 0 Å². The number of aromatic amines is 1. The highest BCUT2D eigenvalue weighted by Crippen LogP contribution is 2.37. The predicted molar refractivity (Wildman–Crippen MR) is 126 cm³/mol. The lowest BCUT2D eigenvalue weighted by Crippen LogP contribution is -2.15. The fourth-order valence-corrected chi connectivity index (χ4v) is 4.67. The largest absolute Gasteiger partial charge is 0.325 e. The van der Waals surface area contributed by atoms with Crippen molar-refractivity contribution in [3.63, 3.8) is 0 Å². The second-order valence-corrected chi connectivity index (χ2v) is 8.27. The van der Waals surface area contributed by atoms with Crippen LogP contribution in [0.5, 0.6) is 0 Å². The highest BCUT2D eigenvalue weighted by Gasteiger charge is 2.16. The van der Waals surface area contributed by atoms with Crippen LogP contribution in [0.1, 0.15) is 17.3 Å². The Balaban J connectivity index is 1.55. The van der Waals surface area contributed by atoms with Crippen molar-refractivity contribution >= 4 is 55.5 Å². The first kappa shape index (κ1) is 19.0. The lowest BCUT2D eigenvalue weighted by Gasteiger charge is -2.12. The number of carbonyl (C=O) groups is 2. The molecule has 5 aromatic rings. The second kappa shape index (κ2) is 7.70. The van der Waals surface area contributed by atoms with Crippen LogP contribution in [0, 0.1) is 0 Å². The number of rotatable bonds is 4. The van der Waals surface area contributed by atoms with Crippen molar-refractivity contribution in [2.75, 3.05) is 10.6 Å². The van der Waals surface area contributed by atoms with E-state index in [0.717, 1.165) is 26.7 Å². The Morgan fingerprint density at radius 2 is 1.65 bits per heavy atom. The van der Waals surface area contributed by atoms with Crippen molar-refractivity contribution in [2.45, 2.75) is 6.92 Å². The van der Waals surface area contributed by atoms with E-state index in [0.29, 0.717) is 16.9 Å².